The van der Waals surface area contributed by atoms with E-state index in [0.717, 1.165) is 30.5 Å². The number of nitrogens with two attached hydrogens (primary N) is 1. The van der Waals surface area contributed by atoms with Gasteiger partial charge in [0.15, 0.2) is 0 Å². The first-order valence-electron chi connectivity index (χ1n) is 6.81. The molecular weight excluding hydrogens is 276 g/mol. The molecule has 5 heteroatoms. The standard InChI is InChI=1S/C15H22N2O2.ClH/c1-10-6-7-14(19-2)13(8-10)17-15(18)12-5-3-4-11(12)9-16;/h6-8,11-12H,3-5,9,16H2,1-2H3,(H,17,18);1H/t11-,12-;/m1./s1. The molecule has 0 bridgehead atoms. The third kappa shape index (κ3) is 3.64. The van der Waals surface area contributed by atoms with Crippen molar-refractivity contribution in [1.82, 2.24) is 0 Å². The van der Waals surface area contributed by atoms with Crippen LogP contribution >= 0.6 is 12.4 Å². The van der Waals surface area contributed by atoms with Gasteiger partial charge in [0.1, 0.15) is 5.75 Å². The molecule has 1 fully saturated rings. The van der Waals surface area contributed by atoms with Crippen LogP contribution in [-0.4, -0.2) is 19.6 Å². The average molecular weight is 299 g/mol. The maximum absolute atomic E-state index is 12.3. The molecule has 0 unspecified atom stereocenters. The molecule has 3 N–H and O–H groups in total. The van der Waals surface area contributed by atoms with Gasteiger partial charge in [-0.15, -0.1) is 12.4 Å². The van der Waals surface area contributed by atoms with Crippen molar-refractivity contribution in [3.05, 3.63) is 23.8 Å². The Labute approximate surface area is 126 Å². The molecule has 1 aliphatic rings. The highest BCUT2D eigenvalue weighted by atomic mass is 35.5. The molecule has 20 heavy (non-hydrogen) atoms. The Morgan fingerprint density at radius 2 is 2.20 bits per heavy atom. The number of rotatable bonds is 4. The van der Waals surface area contributed by atoms with E-state index in [1.54, 1.807) is 7.11 Å². The molecule has 2 atom stereocenters. The predicted octanol–water partition coefficient (Wildman–Crippen LogP) is 2.74. The van der Waals surface area contributed by atoms with Gasteiger partial charge in [-0.1, -0.05) is 12.5 Å². The lowest BCUT2D eigenvalue weighted by Crippen LogP contribution is -2.29. The second kappa shape index (κ2) is 7.50. The minimum Gasteiger partial charge on any atom is -0.495 e. The summed E-state index contributed by atoms with van der Waals surface area (Å²) in [5, 5.41) is 2.99. The van der Waals surface area contributed by atoms with Crippen LogP contribution in [0.15, 0.2) is 18.2 Å². The third-order valence-corrected chi connectivity index (χ3v) is 3.91. The highest BCUT2D eigenvalue weighted by Crippen LogP contribution is 2.33. The van der Waals surface area contributed by atoms with Crippen molar-refractivity contribution >= 4 is 24.0 Å². The van der Waals surface area contributed by atoms with Crippen molar-refractivity contribution in [3.8, 4) is 5.75 Å². The van der Waals surface area contributed by atoms with E-state index < -0.39 is 0 Å². The number of ether oxygens (including phenoxy) is 1. The molecule has 0 heterocycles. The summed E-state index contributed by atoms with van der Waals surface area (Å²) in [6.45, 7) is 2.58. The zero-order chi connectivity index (χ0) is 13.8. The molecule has 112 valence electrons. The highest BCUT2D eigenvalue weighted by Gasteiger charge is 2.32. The fourth-order valence-electron chi connectivity index (χ4n) is 2.81. The van der Waals surface area contributed by atoms with Crippen LogP contribution < -0.4 is 15.8 Å². The van der Waals surface area contributed by atoms with Crippen LogP contribution in [0.5, 0.6) is 5.75 Å². The van der Waals surface area contributed by atoms with E-state index in [2.05, 4.69) is 5.32 Å². The Morgan fingerprint density at radius 3 is 2.85 bits per heavy atom. The van der Waals surface area contributed by atoms with Crippen molar-refractivity contribution < 1.29 is 9.53 Å². The van der Waals surface area contributed by atoms with E-state index in [4.69, 9.17) is 10.5 Å². The van der Waals surface area contributed by atoms with E-state index in [1.165, 1.54) is 0 Å². The summed E-state index contributed by atoms with van der Waals surface area (Å²) in [4.78, 5) is 12.3. The fourth-order valence-corrected chi connectivity index (χ4v) is 2.81. The summed E-state index contributed by atoms with van der Waals surface area (Å²) in [7, 11) is 1.61. The summed E-state index contributed by atoms with van der Waals surface area (Å²) in [5.41, 5.74) is 7.57. The quantitative estimate of drug-likeness (QED) is 0.898. The molecule has 1 amide bonds. The van der Waals surface area contributed by atoms with Gasteiger partial charge in [-0.25, -0.2) is 0 Å². The molecular formula is C15H23ClN2O2. The van der Waals surface area contributed by atoms with Crippen molar-refractivity contribution in [2.24, 2.45) is 17.6 Å². The van der Waals surface area contributed by atoms with Gasteiger partial charge in [0.25, 0.3) is 0 Å². The molecule has 1 saturated carbocycles. The van der Waals surface area contributed by atoms with Crippen LogP contribution in [0, 0.1) is 18.8 Å². The summed E-state index contributed by atoms with van der Waals surface area (Å²) in [5.74, 6) is 1.11. The zero-order valence-corrected chi connectivity index (χ0v) is 12.8. The minimum absolute atomic E-state index is 0. The first-order chi connectivity index (χ1) is 9.15. The molecule has 2 rings (SSSR count). The number of nitrogens with one attached hydrogen (secondary N) is 1. The van der Waals surface area contributed by atoms with Crippen LogP contribution in [0.4, 0.5) is 5.69 Å². The van der Waals surface area contributed by atoms with Crippen LogP contribution in [0.1, 0.15) is 24.8 Å². The topological polar surface area (TPSA) is 64.3 Å². The monoisotopic (exact) mass is 298 g/mol. The molecule has 1 aliphatic carbocycles. The van der Waals surface area contributed by atoms with Gasteiger partial charge in [0.05, 0.1) is 12.8 Å². The second-order valence-corrected chi connectivity index (χ2v) is 5.23. The van der Waals surface area contributed by atoms with E-state index in [-0.39, 0.29) is 24.2 Å². The van der Waals surface area contributed by atoms with E-state index in [0.29, 0.717) is 18.2 Å². The SMILES string of the molecule is COc1ccc(C)cc1NC(=O)[C@@H]1CCC[C@@H]1CN.Cl. The number of amides is 1. The van der Waals surface area contributed by atoms with Crippen LogP contribution in [-0.2, 0) is 4.79 Å². The fraction of sp³-hybridized carbons (Fsp3) is 0.533. The number of benzene rings is 1. The highest BCUT2D eigenvalue weighted by molar-refractivity contribution is 5.94. The van der Waals surface area contributed by atoms with E-state index in [1.807, 2.05) is 25.1 Å². The number of hydrogen-bond acceptors (Lipinski definition) is 3. The number of methoxy groups -OCH3 is 1. The lowest BCUT2D eigenvalue weighted by Gasteiger charge is -2.18. The third-order valence-electron chi connectivity index (χ3n) is 3.91. The van der Waals surface area contributed by atoms with Crippen molar-refractivity contribution in [1.29, 1.82) is 0 Å². The molecule has 0 spiro atoms. The average Bonchev–Trinajstić information content (AvgIpc) is 2.87. The van der Waals surface area contributed by atoms with Crippen LogP contribution in [0.3, 0.4) is 0 Å². The van der Waals surface area contributed by atoms with Crippen molar-refractivity contribution in [3.63, 3.8) is 0 Å². The molecule has 0 aromatic heterocycles. The number of carbonyl (C=O) groups excluding carboxylic acids is 1. The zero-order valence-electron chi connectivity index (χ0n) is 12.0. The Hall–Kier alpha value is -1.26. The molecule has 0 radical (unpaired) electrons. The van der Waals surface area contributed by atoms with Crippen molar-refractivity contribution in [2.75, 3.05) is 19.0 Å². The molecule has 0 saturated heterocycles. The molecule has 0 aliphatic heterocycles. The van der Waals surface area contributed by atoms with E-state index in [9.17, 15) is 4.79 Å². The first kappa shape index (κ1) is 16.8. The second-order valence-electron chi connectivity index (χ2n) is 5.23. The summed E-state index contributed by atoms with van der Waals surface area (Å²) >= 11 is 0. The largest absolute Gasteiger partial charge is 0.495 e. The van der Waals surface area contributed by atoms with Gasteiger partial charge in [-0.2, -0.15) is 0 Å². The molecule has 1 aromatic carbocycles. The van der Waals surface area contributed by atoms with Gasteiger partial charge >= 0.3 is 0 Å². The Bertz CT molecular complexity index is 465. The van der Waals surface area contributed by atoms with Crippen LogP contribution in [0.25, 0.3) is 0 Å². The normalized spacial score (nSPS) is 21.1. The summed E-state index contributed by atoms with van der Waals surface area (Å²) in [6.07, 6.45) is 3.08. The van der Waals surface area contributed by atoms with Gasteiger partial charge < -0.3 is 15.8 Å². The number of aryl methyl sites for hydroxylation is 1. The van der Waals surface area contributed by atoms with Gasteiger partial charge in [0.2, 0.25) is 5.91 Å². The maximum atomic E-state index is 12.3. The lowest BCUT2D eigenvalue weighted by atomic mass is 9.95. The number of halogens is 1. The number of carbonyl (C=O) groups is 1. The van der Waals surface area contributed by atoms with Gasteiger partial charge in [0, 0.05) is 5.92 Å². The summed E-state index contributed by atoms with van der Waals surface area (Å²) < 4.78 is 5.28. The first-order valence-corrected chi connectivity index (χ1v) is 6.81. The van der Waals surface area contributed by atoms with E-state index >= 15 is 0 Å². The number of hydrogen-bond donors (Lipinski definition) is 2. The number of anilines is 1. The lowest BCUT2D eigenvalue weighted by molar-refractivity contribution is -0.120. The Kier molecular flexibility index (Phi) is 6.30. The molecule has 4 nitrogen and oxygen atoms in total. The maximum Gasteiger partial charge on any atom is 0.227 e. The van der Waals surface area contributed by atoms with Gasteiger partial charge in [-0.3, -0.25) is 4.79 Å². The Morgan fingerprint density at radius 1 is 1.45 bits per heavy atom. The van der Waals surface area contributed by atoms with Gasteiger partial charge in [-0.05, 0) is 49.9 Å². The predicted molar refractivity (Wildman–Crippen MR) is 83.5 cm³/mol. The molecule has 1 aromatic rings. The summed E-state index contributed by atoms with van der Waals surface area (Å²) in [6, 6.07) is 5.77. The van der Waals surface area contributed by atoms with Crippen LogP contribution in [0.2, 0.25) is 0 Å². The van der Waals surface area contributed by atoms with Crippen molar-refractivity contribution in [2.45, 2.75) is 26.2 Å². The Balaban J connectivity index is 0.00000200. The minimum atomic E-state index is 0. The smallest absolute Gasteiger partial charge is 0.227 e.